The van der Waals surface area contributed by atoms with Crippen molar-refractivity contribution in [1.29, 1.82) is 0 Å². The third-order valence-electron chi connectivity index (χ3n) is 2.72. The van der Waals surface area contributed by atoms with Gasteiger partial charge in [0.15, 0.2) is 0 Å². The molecule has 1 fully saturated rings. The van der Waals surface area contributed by atoms with E-state index in [-0.39, 0.29) is 5.97 Å². The van der Waals surface area contributed by atoms with Crippen molar-refractivity contribution in [2.24, 2.45) is 5.92 Å². The third kappa shape index (κ3) is 4.09. The predicted octanol–water partition coefficient (Wildman–Crippen LogP) is 1.72. The van der Waals surface area contributed by atoms with Gasteiger partial charge >= 0.3 is 5.97 Å². The molecule has 0 aliphatic heterocycles. The van der Waals surface area contributed by atoms with Crippen molar-refractivity contribution in [2.75, 3.05) is 13.2 Å². The van der Waals surface area contributed by atoms with Gasteiger partial charge in [-0.3, -0.25) is 4.79 Å². The third-order valence-corrected chi connectivity index (χ3v) is 2.72. The summed E-state index contributed by atoms with van der Waals surface area (Å²) < 4.78 is 5.03. The summed E-state index contributed by atoms with van der Waals surface area (Å²) in [5.74, 6) is 0.679. The molecule has 0 aromatic heterocycles. The minimum Gasteiger partial charge on any atom is -0.465 e. The van der Waals surface area contributed by atoms with Crippen LogP contribution in [0.25, 0.3) is 0 Å². The summed E-state index contributed by atoms with van der Waals surface area (Å²) in [5, 5.41) is 3.21. The van der Waals surface area contributed by atoms with Gasteiger partial charge in [0.2, 0.25) is 0 Å². The lowest BCUT2D eigenvalue weighted by Gasteiger charge is -2.04. The van der Waals surface area contributed by atoms with Crippen LogP contribution in [0.4, 0.5) is 0 Å². The molecule has 82 valence electrons. The minimum absolute atomic E-state index is 0.111. The van der Waals surface area contributed by atoms with E-state index in [2.05, 4.69) is 19.2 Å². The quantitative estimate of drug-likeness (QED) is 0.501. The molecule has 3 nitrogen and oxygen atoms in total. The molecule has 0 heterocycles. The number of carbonyl (C=O) groups is 1. The molecule has 3 heteroatoms. The van der Waals surface area contributed by atoms with E-state index < -0.39 is 0 Å². The first-order valence-electron chi connectivity index (χ1n) is 5.66. The fraction of sp³-hybridized carbons (Fsp3) is 0.909. The Morgan fingerprint density at radius 3 is 2.86 bits per heavy atom. The van der Waals surface area contributed by atoms with Crippen molar-refractivity contribution in [1.82, 2.24) is 5.32 Å². The van der Waals surface area contributed by atoms with Crippen LogP contribution in [0.2, 0.25) is 0 Å². The Labute approximate surface area is 86.2 Å². The number of carbonyl (C=O) groups excluding carboxylic acids is 1. The van der Waals surface area contributed by atoms with Crippen LogP contribution >= 0.6 is 0 Å². The number of nitrogens with one attached hydrogen (secondary N) is 1. The van der Waals surface area contributed by atoms with Crippen LogP contribution < -0.4 is 5.32 Å². The molecule has 0 amide bonds. The summed E-state index contributed by atoms with van der Waals surface area (Å²) in [6.07, 6.45) is 4.47. The maximum atomic E-state index is 11.2. The van der Waals surface area contributed by atoms with Crippen molar-refractivity contribution in [3.05, 3.63) is 0 Å². The Morgan fingerprint density at radius 1 is 1.50 bits per heavy atom. The zero-order chi connectivity index (χ0) is 10.4. The summed E-state index contributed by atoms with van der Waals surface area (Å²) in [4.78, 5) is 11.2. The Hall–Kier alpha value is -0.570. The van der Waals surface area contributed by atoms with Crippen molar-refractivity contribution in [3.8, 4) is 0 Å². The molecular weight excluding hydrogens is 178 g/mol. The lowest BCUT2D eigenvalue weighted by molar-refractivity contribution is -0.142. The first-order chi connectivity index (χ1) is 6.77. The van der Waals surface area contributed by atoms with E-state index >= 15 is 0 Å². The Bertz CT molecular complexity index is 182. The largest absolute Gasteiger partial charge is 0.465 e. The van der Waals surface area contributed by atoms with Crippen LogP contribution in [0.15, 0.2) is 0 Å². The van der Waals surface area contributed by atoms with Crippen LogP contribution in [0, 0.1) is 5.92 Å². The monoisotopic (exact) mass is 199 g/mol. The molecule has 1 saturated carbocycles. The molecule has 1 aliphatic rings. The van der Waals surface area contributed by atoms with E-state index in [1.807, 2.05) is 0 Å². The average molecular weight is 199 g/mol. The zero-order valence-electron chi connectivity index (χ0n) is 9.21. The molecular formula is C11H21NO2. The number of esters is 1. The highest BCUT2D eigenvalue weighted by atomic mass is 16.5. The van der Waals surface area contributed by atoms with Gasteiger partial charge < -0.3 is 10.1 Å². The molecule has 0 aromatic carbocycles. The maximum absolute atomic E-state index is 11.2. The standard InChI is InChI=1S/C11H21NO2/c1-3-5-6-14-11(13)8-12-10-7-9(10)4-2/h9-10,12H,3-8H2,1-2H3. The Kier molecular flexibility index (Phi) is 4.94. The van der Waals surface area contributed by atoms with Crippen molar-refractivity contribution in [2.45, 2.75) is 45.6 Å². The second kappa shape index (κ2) is 6.02. The zero-order valence-corrected chi connectivity index (χ0v) is 9.21. The Balaban J connectivity index is 1.93. The second-order valence-corrected chi connectivity index (χ2v) is 3.97. The second-order valence-electron chi connectivity index (χ2n) is 3.97. The van der Waals surface area contributed by atoms with Gasteiger partial charge in [0, 0.05) is 6.04 Å². The van der Waals surface area contributed by atoms with Gasteiger partial charge in [-0.1, -0.05) is 26.7 Å². The van der Waals surface area contributed by atoms with Gasteiger partial charge in [-0.05, 0) is 18.8 Å². The number of ether oxygens (including phenoxy) is 1. The summed E-state index contributed by atoms with van der Waals surface area (Å²) in [6, 6.07) is 0.568. The van der Waals surface area contributed by atoms with Gasteiger partial charge in [0.05, 0.1) is 13.2 Å². The molecule has 0 bridgehead atoms. The Morgan fingerprint density at radius 2 is 2.29 bits per heavy atom. The van der Waals surface area contributed by atoms with Crippen LogP contribution in [-0.4, -0.2) is 25.2 Å². The molecule has 0 saturated heterocycles. The summed E-state index contributed by atoms with van der Waals surface area (Å²) in [7, 11) is 0. The average Bonchev–Trinajstić information content (AvgIpc) is 2.94. The van der Waals surface area contributed by atoms with E-state index in [4.69, 9.17) is 4.74 Å². The van der Waals surface area contributed by atoms with Crippen LogP contribution in [0.5, 0.6) is 0 Å². The molecule has 1 N–H and O–H groups in total. The van der Waals surface area contributed by atoms with Crippen LogP contribution in [0.3, 0.4) is 0 Å². The highest BCUT2D eigenvalue weighted by molar-refractivity contribution is 5.71. The van der Waals surface area contributed by atoms with E-state index in [1.165, 1.54) is 12.8 Å². The molecule has 0 aromatic rings. The highest BCUT2D eigenvalue weighted by Gasteiger charge is 2.34. The van der Waals surface area contributed by atoms with Gasteiger partial charge in [-0.15, -0.1) is 0 Å². The van der Waals surface area contributed by atoms with E-state index in [1.54, 1.807) is 0 Å². The molecule has 1 rings (SSSR count). The van der Waals surface area contributed by atoms with E-state index in [0.717, 1.165) is 18.8 Å². The molecule has 14 heavy (non-hydrogen) atoms. The van der Waals surface area contributed by atoms with Crippen LogP contribution in [-0.2, 0) is 9.53 Å². The van der Waals surface area contributed by atoms with E-state index in [0.29, 0.717) is 19.2 Å². The fourth-order valence-electron chi connectivity index (χ4n) is 1.54. The normalized spacial score (nSPS) is 24.7. The number of hydrogen-bond donors (Lipinski definition) is 1. The SMILES string of the molecule is CCCCOC(=O)CNC1CC1CC. The molecule has 2 unspecified atom stereocenters. The molecule has 1 aliphatic carbocycles. The van der Waals surface area contributed by atoms with Gasteiger partial charge in [-0.2, -0.15) is 0 Å². The topological polar surface area (TPSA) is 38.3 Å². The number of unbranched alkanes of at least 4 members (excludes halogenated alkanes) is 1. The van der Waals surface area contributed by atoms with Gasteiger partial charge in [-0.25, -0.2) is 0 Å². The summed E-state index contributed by atoms with van der Waals surface area (Å²) >= 11 is 0. The van der Waals surface area contributed by atoms with Crippen LogP contribution in [0.1, 0.15) is 39.5 Å². The number of rotatable bonds is 7. The first kappa shape index (κ1) is 11.5. The molecule has 0 radical (unpaired) electrons. The predicted molar refractivity (Wildman–Crippen MR) is 56.1 cm³/mol. The highest BCUT2D eigenvalue weighted by Crippen LogP contribution is 2.32. The lowest BCUT2D eigenvalue weighted by Crippen LogP contribution is -2.27. The maximum Gasteiger partial charge on any atom is 0.319 e. The van der Waals surface area contributed by atoms with Crippen molar-refractivity contribution < 1.29 is 9.53 Å². The molecule has 0 spiro atoms. The lowest BCUT2D eigenvalue weighted by atomic mass is 10.3. The van der Waals surface area contributed by atoms with Crippen molar-refractivity contribution >= 4 is 5.97 Å². The smallest absolute Gasteiger partial charge is 0.319 e. The summed E-state index contributed by atoms with van der Waals surface area (Å²) in [5.41, 5.74) is 0. The fourth-order valence-corrected chi connectivity index (χ4v) is 1.54. The van der Waals surface area contributed by atoms with Gasteiger partial charge in [0.1, 0.15) is 0 Å². The first-order valence-corrected chi connectivity index (χ1v) is 5.66. The van der Waals surface area contributed by atoms with E-state index in [9.17, 15) is 4.79 Å². The summed E-state index contributed by atoms with van der Waals surface area (Å²) in [6.45, 7) is 5.22. The molecule has 2 atom stereocenters. The van der Waals surface area contributed by atoms with Crippen molar-refractivity contribution in [3.63, 3.8) is 0 Å². The minimum atomic E-state index is -0.111. The van der Waals surface area contributed by atoms with Gasteiger partial charge in [0.25, 0.3) is 0 Å². The number of hydrogen-bond acceptors (Lipinski definition) is 3.